The molecule has 0 fully saturated rings. The number of amides is 1. The number of hydrazone groups is 1. The highest BCUT2D eigenvalue weighted by Gasteiger charge is 2.64. The van der Waals surface area contributed by atoms with E-state index >= 15 is 0 Å². The Morgan fingerprint density at radius 2 is 2.08 bits per heavy atom. The van der Waals surface area contributed by atoms with Gasteiger partial charge < -0.3 is 14.6 Å². The van der Waals surface area contributed by atoms with Crippen molar-refractivity contribution < 1.29 is 37.3 Å². The Labute approximate surface area is 140 Å². The summed E-state index contributed by atoms with van der Waals surface area (Å²) in [6.07, 6.45) is -6.27. The van der Waals surface area contributed by atoms with E-state index in [0.29, 0.717) is 5.75 Å². The molecule has 0 unspecified atom stereocenters. The number of rotatable bonds is 3. The lowest BCUT2D eigenvalue weighted by Crippen LogP contribution is -2.58. The van der Waals surface area contributed by atoms with Gasteiger partial charge >= 0.3 is 18.1 Å². The van der Waals surface area contributed by atoms with Crippen molar-refractivity contribution in [1.29, 1.82) is 0 Å². The number of nitrogens with zero attached hydrogens (tertiary/aromatic N) is 2. The van der Waals surface area contributed by atoms with Gasteiger partial charge in [0.15, 0.2) is 0 Å². The lowest BCUT2D eigenvalue weighted by Gasteiger charge is -2.31. The van der Waals surface area contributed by atoms with Gasteiger partial charge in [-0.15, -0.1) is 0 Å². The Balaban J connectivity index is 2.45. The smallest absolute Gasteiger partial charge is 0.438 e. The van der Waals surface area contributed by atoms with E-state index in [1.54, 1.807) is 6.07 Å². The quantitative estimate of drug-likeness (QED) is 0.651. The van der Waals surface area contributed by atoms with Gasteiger partial charge in [-0.2, -0.15) is 23.3 Å². The second kappa shape index (κ2) is 6.71. The summed E-state index contributed by atoms with van der Waals surface area (Å²) in [5, 5.41) is 13.3. The molecule has 0 aliphatic carbocycles. The van der Waals surface area contributed by atoms with E-state index in [0.717, 1.165) is 0 Å². The van der Waals surface area contributed by atoms with Crippen molar-refractivity contribution in [3.05, 3.63) is 29.8 Å². The average Bonchev–Trinajstić information content (AvgIpc) is 2.93. The van der Waals surface area contributed by atoms with Gasteiger partial charge in [0.1, 0.15) is 5.75 Å². The van der Waals surface area contributed by atoms with Crippen LogP contribution in [-0.2, 0) is 14.3 Å². The van der Waals surface area contributed by atoms with Crippen LogP contribution in [0.5, 0.6) is 5.75 Å². The Hall–Kier alpha value is -2.62. The van der Waals surface area contributed by atoms with Gasteiger partial charge in [0, 0.05) is 5.56 Å². The molecule has 2 rings (SSSR count). The maximum atomic E-state index is 13.3. The fourth-order valence-corrected chi connectivity index (χ4v) is 2.22. The molecule has 136 valence electrons. The number of carbonyl (C=O) groups excluding carboxylic acids is 2. The van der Waals surface area contributed by atoms with Gasteiger partial charge in [0.2, 0.25) is 0 Å². The zero-order valence-corrected chi connectivity index (χ0v) is 13.3. The second-order valence-electron chi connectivity index (χ2n) is 5.11. The molecule has 1 aliphatic rings. The van der Waals surface area contributed by atoms with Crippen molar-refractivity contribution >= 4 is 17.6 Å². The molecule has 0 bridgehead atoms. The fraction of sp³-hybridized carbons (Fsp3) is 0.400. The number of methoxy groups -OCH3 is 1. The number of ether oxygens (including phenoxy) is 2. The fourth-order valence-electron chi connectivity index (χ4n) is 2.22. The van der Waals surface area contributed by atoms with Crippen molar-refractivity contribution in [2.24, 2.45) is 5.10 Å². The third-order valence-corrected chi connectivity index (χ3v) is 3.48. The highest BCUT2D eigenvalue weighted by atomic mass is 19.4. The predicted molar refractivity (Wildman–Crippen MR) is 78.6 cm³/mol. The van der Waals surface area contributed by atoms with Crippen LogP contribution >= 0.6 is 0 Å². The third kappa shape index (κ3) is 3.43. The SMILES string of the molecule is CCOC(=O)C(=O)N1N=C(c2cccc(OC)c2)C[C@]1(O)C(F)(F)F. The highest BCUT2D eigenvalue weighted by molar-refractivity contribution is 6.33. The topological polar surface area (TPSA) is 88.4 Å². The van der Waals surface area contributed by atoms with E-state index in [1.165, 1.54) is 32.2 Å². The Morgan fingerprint density at radius 1 is 1.40 bits per heavy atom. The number of hydrogen-bond donors (Lipinski definition) is 1. The number of halogens is 3. The monoisotopic (exact) mass is 360 g/mol. The lowest BCUT2D eigenvalue weighted by atomic mass is 10.0. The molecule has 1 N–H and O–H groups in total. The maximum absolute atomic E-state index is 13.3. The normalized spacial score (nSPS) is 20.2. The van der Waals surface area contributed by atoms with E-state index in [9.17, 15) is 27.9 Å². The van der Waals surface area contributed by atoms with Crippen LogP contribution in [0, 0.1) is 0 Å². The molecule has 10 heteroatoms. The molecule has 1 heterocycles. The zero-order chi connectivity index (χ0) is 18.8. The number of carbonyl (C=O) groups is 2. The molecule has 0 radical (unpaired) electrons. The van der Waals surface area contributed by atoms with Gasteiger partial charge in [-0.25, -0.2) is 4.79 Å². The predicted octanol–water partition coefficient (Wildman–Crippen LogP) is 1.45. The van der Waals surface area contributed by atoms with Crippen LogP contribution in [-0.4, -0.2) is 53.3 Å². The van der Waals surface area contributed by atoms with Crippen molar-refractivity contribution in [2.75, 3.05) is 13.7 Å². The first kappa shape index (κ1) is 18.7. The summed E-state index contributed by atoms with van der Waals surface area (Å²) in [7, 11) is 1.37. The van der Waals surface area contributed by atoms with Gasteiger partial charge in [0.25, 0.3) is 5.72 Å². The first-order chi connectivity index (χ1) is 11.6. The Bertz CT molecular complexity index is 719. The molecule has 0 aromatic heterocycles. The van der Waals surface area contributed by atoms with Crippen LogP contribution in [0.25, 0.3) is 0 Å². The Kier molecular flexibility index (Phi) is 5.02. The van der Waals surface area contributed by atoms with Crippen molar-refractivity contribution in [2.45, 2.75) is 25.2 Å². The molecular weight excluding hydrogens is 345 g/mol. The van der Waals surface area contributed by atoms with E-state index < -0.39 is 30.2 Å². The largest absolute Gasteiger partial charge is 0.497 e. The third-order valence-electron chi connectivity index (χ3n) is 3.48. The minimum Gasteiger partial charge on any atom is -0.497 e. The minimum absolute atomic E-state index is 0.209. The lowest BCUT2D eigenvalue weighted by molar-refractivity contribution is -0.302. The van der Waals surface area contributed by atoms with Gasteiger partial charge in [-0.1, -0.05) is 12.1 Å². The van der Waals surface area contributed by atoms with Crippen molar-refractivity contribution in [1.82, 2.24) is 5.01 Å². The summed E-state index contributed by atoms with van der Waals surface area (Å²) < 4.78 is 49.4. The summed E-state index contributed by atoms with van der Waals surface area (Å²) in [4.78, 5) is 23.5. The van der Waals surface area contributed by atoms with E-state index in [-0.39, 0.29) is 22.9 Å². The van der Waals surface area contributed by atoms with Gasteiger partial charge in [-0.05, 0) is 19.1 Å². The molecule has 0 saturated carbocycles. The van der Waals surface area contributed by atoms with E-state index in [2.05, 4.69) is 9.84 Å². The molecule has 25 heavy (non-hydrogen) atoms. The molecule has 1 atom stereocenters. The van der Waals surface area contributed by atoms with Crippen LogP contribution < -0.4 is 4.74 Å². The van der Waals surface area contributed by atoms with Gasteiger partial charge in [-0.3, -0.25) is 4.79 Å². The Morgan fingerprint density at radius 3 is 2.64 bits per heavy atom. The molecule has 0 saturated heterocycles. The zero-order valence-electron chi connectivity index (χ0n) is 13.3. The van der Waals surface area contributed by atoms with Crippen LogP contribution in [0.4, 0.5) is 13.2 Å². The molecule has 1 amide bonds. The van der Waals surface area contributed by atoms with Crippen molar-refractivity contribution in [3.63, 3.8) is 0 Å². The number of alkyl halides is 3. The number of esters is 1. The highest BCUT2D eigenvalue weighted by Crippen LogP contribution is 2.41. The van der Waals surface area contributed by atoms with Crippen LogP contribution in [0.2, 0.25) is 0 Å². The standard InChI is InChI=1S/C15H15F3N2O5/c1-3-25-13(22)12(21)20-14(23,15(16,17)18)8-11(19-20)9-5-4-6-10(7-9)24-2/h4-7,23H,3,8H2,1-2H3/t14-/m0/s1. The molecule has 7 nitrogen and oxygen atoms in total. The van der Waals surface area contributed by atoms with Crippen LogP contribution in [0.1, 0.15) is 18.9 Å². The molecule has 1 aromatic carbocycles. The van der Waals surface area contributed by atoms with Gasteiger partial charge in [0.05, 0.1) is 25.8 Å². The van der Waals surface area contributed by atoms with E-state index in [1.807, 2.05) is 0 Å². The molecule has 1 aliphatic heterocycles. The van der Waals surface area contributed by atoms with Crippen LogP contribution in [0.3, 0.4) is 0 Å². The molecule has 0 spiro atoms. The average molecular weight is 360 g/mol. The maximum Gasteiger partial charge on any atom is 0.438 e. The van der Waals surface area contributed by atoms with Crippen molar-refractivity contribution in [3.8, 4) is 5.75 Å². The summed E-state index contributed by atoms with van der Waals surface area (Å²) in [5.41, 5.74) is -3.66. The number of benzene rings is 1. The van der Waals surface area contributed by atoms with E-state index in [4.69, 9.17) is 4.74 Å². The van der Waals surface area contributed by atoms with Crippen LogP contribution in [0.15, 0.2) is 29.4 Å². The summed E-state index contributed by atoms with van der Waals surface area (Å²) >= 11 is 0. The molecular formula is C15H15F3N2O5. The number of aliphatic hydroxyl groups is 1. The summed E-state index contributed by atoms with van der Waals surface area (Å²) in [6.45, 7) is 1.17. The first-order valence-electron chi connectivity index (χ1n) is 7.16. The first-order valence-corrected chi connectivity index (χ1v) is 7.16. The summed E-state index contributed by atoms with van der Waals surface area (Å²) in [5.74, 6) is -2.90. The second-order valence-corrected chi connectivity index (χ2v) is 5.11. The molecule has 1 aromatic rings. The summed E-state index contributed by atoms with van der Waals surface area (Å²) in [6, 6.07) is 5.92. The minimum atomic E-state index is -5.24. The number of hydrogen-bond acceptors (Lipinski definition) is 6.